The maximum Gasteiger partial charge on any atom is 0.451 e. The van der Waals surface area contributed by atoms with Gasteiger partial charge in [0.25, 0.3) is 0 Å². The number of hydrogen-bond acceptors (Lipinski definition) is 3. The third-order valence-corrected chi connectivity index (χ3v) is 2.25. The molecule has 0 aliphatic carbocycles. The molecule has 0 spiro atoms. The van der Waals surface area contributed by atoms with Gasteiger partial charge in [-0.1, -0.05) is 0 Å². The lowest BCUT2D eigenvalue weighted by Gasteiger charge is -2.20. The molecule has 0 saturated heterocycles. The number of alkyl halides is 3. The molecule has 0 bridgehead atoms. The molecule has 0 fully saturated rings. The van der Waals surface area contributed by atoms with Crippen LogP contribution in [0.4, 0.5) is 13.2 Å². The molecule has 0 saturated carbocycles. The summed E-state index contributed by atoms with van der Waals surface area (Å²) < 4.78 is 38.2. The van der Waals surface area contributed by atoms with Gasteiger partial charge in [0.05, 0.1) is 0 Å². The molecule has 0 amide bonds. The molecule has 7 heteroatoms. The van der Waals surface area contributed by atoms with Crippen molar-refractivity contribution in [1.29, 1.82) is 0 Å². The smallest absolute Gasteiger partial charge is 0.327 e. The Labute approximate surface area is 77.9 Å². The fraction of sp³-hybridized carbons (Fsp3) is 0.714. The van der Waals surface area contributed by atoms with Crippen LogP contribution in [0.15, 0.2) is 0 Å². The summed E-state index contributed by atoms with van der Waals surface area (Å²) >= 11 is 0. The Kier molecular flexibility index (Phi) is 1.99. The minimum atomic E-state index is -4.42. The Morgan fingerprint density at radius 3 is 2.71 bits per heavy atom. The second-order valence-corrected chi connectivity index (χ2v) is 3.34. The lowest BCUT2D eigenvalue weighted by molar-refractivity contribution is -0.147. The Morgan fingerprint density at radius 2 is 2.07 bits per heavy atom. The number of nitrogens with two attached hydrogens (primary N) is 1. The van der Waals surface area contributed by atoms with Crippen molar-refractivity contribution in [2.45, 2.75) is 31.6 Å². The second-order valence-electron chi connectivity index (χ2n) is 3.34. The van der Waals surface area contributed by atoms with E-state index >= 15 is 0 Å². The highest BCUT2D eigenvalue weighted by atomic mass is 19.4. The van der Waals surface area contributed by atoms with E-state index in [1.165, 1.54) is 0 Å². The Morgan fingerprint density at radius 1 is 1.36 bits per heavy atom. The van der Waals surface area contributed by atoms with Crippen LogP contribution >= 0.6 is 0 Å². The number of halogens is 3. The summed E-state index contributed by atoms with van der Waals surface area (Å²) in [4.78, 5) is 0. The molecule has 1 unspecified atom stereocenters. The topological polar surface area (TPSA) is 56.7 Å². The number of hydrogen-bond donors (Lipinski definition) is 1. The quantitative estimate of drug-likeness (QED) is 0.675. The molecule has 1 atom stereocenters. The first kappa shape index (κ1) is 9.45. The molecule has 1 aliphatic rings. The molecular formula is C7H9F3N4. The van der Waals surface area contributed by atoms with Gasteiger partial charge in [0.15, 0.2) is 0 Å². The summed E-state index contributed by atoms with van der Waals surface area (Å²) in [6.45, 7) is 0.248. The highest BCUT2D eigenvalue weighted by molar-refractivity contribution is 5.03. The monoisotopic (exact) mass is 206 g/mol. The molecule has 1 aromatic rings. The van der Waals surface area contributed by atoms with E-state index < -0.39 is 12.0 Å². The third-order valence-electron chi connectivity index (χ3n) is 2.25. The van der Waals surface area contributed by atoms with Crippen LogP contribution in [0.1, 0.15) is 18.1 Å². The van der Waals surface area contributed by atoms with E-state index in [1.54, 1.807) is 0 Å². The van der Waals surface area contributed by atoms with Gasteiger partial charge in [-0.3, -0.25) is 0 Å². The van der Waals surface area contributed by atoms with Gasteiger partial charge in [-0.15, -0.1) is 10.2 Å². The number of rotatable bonds is 0. The van der Waals surface area contributed by atoms with Crippen LogP contribution < -0.4 is 5.73 Å². The van der Waals surface area contributed by atoms with Gasteiger partial charge in [-0.25, -0.2) is 0 Å². The summed E-state index contributed by atoms with van der Waals surface area (Å²) in [6, 6.07) is -0.104. The van der Waals surface area contributed by atoms with Crippen molar-refractivity contribution >= 4 is 0 Å². The van der Waals surface area contributed by atoms with Gasteiger partial charge in [-0.05, 0) is 6.42 Å². The second kappa shape index (κ2) is 2.94. The zero-order valence-corrected chi connectivity index (χ0v) is 7.25. The van der Waals surface area contributed by atoms with E-state index in [9.17, 15) is 13.2 Å². The van der Waals surface area contributed by atoms with E-state index in [2.05, 4.69) is 10.2 Å². The van der Waals surface area contributed by atoms with E-state index in [4.69, 9.17) is 5.73 Å². The van der Waals surface area contributed by atoms with Crippen molar-refractivity contribution in [3.05, 3.63) is 11.6 Å². The van der Waals surface area contributed by atoms with Crippen molar-refractivity contribution < 1.29 is 13.2 Å². The van der Waals surface area contributed by atoms with Crippen LogP contribution in [-0.2, 0) is 19.1 Å². The lowest BCUT2D eigenvalue weighted by atomic mass is 10.1. The van der Waals surface area contributed by atoms with Crippen LogP contribution in [0, 0.1) is 0 Å². The highest BCUT2D eigenvalue weighted by Crippen LogP contribution is 2.29. The third kappa shape index (κ3) is 1.47. The van der Waals surface area contributed by atoms with Gasteiger partial charge >= 0.3 is 6.18 Å². The zero-order valence-electron chi connectivity index (χ0n) is 7.25. The van der Waals surface area contributed by atoms with Gasteiger partial charge in [-0.2, -0.15) is 13.2 Å². The highest BCUT2D eigenvalue weighted by Gasteiger charge is 2.39. The first-order valence-electron chi connectivity index (χ1n) is 4.23. The van der Waals surface area contributed by atoms with Gasteiger partial charge < -0.3 is 10.3 Å². The lowest BCUT2D eigenvalue weighted by Crippen LogP contribution is -2.32. The van der Waals surface area contributed by atoms with Crippen LogP contribution in [-0.4, -0.2) is 20.8 Å². The first-order chi connectivity index (χ1) is 6.48. The van der Waals surface area contributed by atoms with Crippen LogP contribution in [0.3, 0.4) is 0 Å². The van der Waals surface area contributed by atoms with Crippen molar-refractivity contribution in [3.8, 4) is 0 Å². The predicted molar refractivity (Wildman–Crippen MR) is 41.3 cm³/mol. The standard InChI is InChI=1S/C7H9F3N4/c8-7(9,10)6-13-12-5-3-4(11)1-2-14(5)6/h4H,1-3,11H2. The molecule has 0 aromatic carbocycles. The summed E-state index contributed by atoms with van der Waals surface area (Å²) in [6.07, 6.45) is -3.52. The molecule has 0 radical (unpaired) electrons. The number of nitrogens with zero attached hydrogens (tertiary/aromatic N) is 3. The molecule has 2 N–H and O–H groups in total. The first-order valence-corrected chi connectivity index (χ1v) is 4.23. The minimum absolute atomic E-state index is 0.104. The SMILES string of the molecule is NC1CCn2c(nnc2C(F)(F)F)C1. The molecule has 1 aromatic heterocycles. The van der Waals surface area contributed by atoms with Gasteiger partial charge in [0, 0.05) is 19.0 Å². The molecule has 1 aliphatic heterocycles. The minimum Gasteiger partial charge on any atom is -0.327 e. The van der Waals surface area contributed by atoms with Crippen LogP contribution in [0.5, 0.6) is 0 Å². The maximum absolute atomic E-state index is 12.4. The van der Waals surface area contributed by atoms with E-state index in [-0.39, 0.29) is 12.6 Å². The Balaban J connectivity index is 2.38. The van der Waals surface area contributed by atoms with Crippen LogP contribution in [0.25, 0.3) is 0 Å². The van der Waals surface area contributed by atoms with E-state index in [0.29, 0.717) is 18.7 Å². The van der Waals surface area contributed by atoms with Crippen molar-refractivity contribution in [1.82, 2.24) is 14.8 Å². The molecular weight excluding hydrogens is 197 g/mol. The van der Waals surface area contributed by atoms with Crippen molar-refractivity contribution in [2.24, 2.45) is 5.73 Å². The fourth-order valence-electron chi connectivity index (χ4n) is 1.56. The number of aromatic nitrogens is 3. The van der Waals surface area contributed by atoms with Crippen molar-refractivity contribution in [3.63, 3.8) is 0 Å². The molecule has 2 rings (SSSR count). The van der Waals surface area contributed by atoms with Crippen molar-refractivity contribution in [2.75, 3.05) is 0 Å². The summed E-state index contributed by atoms with van der Waals surface area (Å²) in [5, 5.41) is 6.62. The van der Waals surface area contributed by atoms with Crippen LogP contribution in [0.2, 0.25) is 0 Å². The summed E-state index contributed by atoms with van der Waals surface area (Å²) in [5.41, 5.74) is 5.61. The summed E-state index contributed by atoms with van der Waals surface area (Å²) in [7, 11) is 0. The summed E-state index contributed by atoms with van der Waals surface area (Å²) in [5.74, 6) is -0.588. The average Bonchev–Trinajstić information content (AvgIpc) is 2.45. The van der Waals surface area contributed by atoms with Gasteiger partial charge in [0.1, 0.15) is 5.82 Å². The molecule has 4 nitrogen and oxygen atoms in total. The zero-order chi connectivity index (χ0) is 10.3. The van der Waals surface area contributed by atoms with E-state index in [1.807, 2.05) is 0 Å². The van der Waals surface area contributed by atoms with Gasteiger partial charge in [0.2, 0.25) is 5.82 Å². The molecule has 14 heavy (non-hydrogen) atoms. The van der Waals surface area contributed by atoms with E-state index in [0.717, 1.165) is 4.57 Å². The maximum atomic E-state index is 12.4. The predicted octanol–water partition coefficient (Wildman–Crippen LogP) is 0.570. The average molecular weight is 206 g/mol. The molecule has 2 heterocycles. The fourth-order valence-corrected chi connectivity index (χ4v) is 1.56. The largest absolute Gasteiger partial charge is 0.451 e. The molecule has 78 valence electrons. The Hall–Kier alpha value is -1.11. The number of fused-ring (bicyclic) bond motifs is 1. The normalized spacial score (nSPS) is 22.1. The Bertz CT molecular complexity index is 343.